The molecular weight excluding hydrogens is 438 g/mol. The summed E-state index contributed by atoms with van der Waals surface area (Å²) >= 11 is 1.46. The maximum Gasteiger partial charge on any atom is 0.264 e. The molecule has 2 aromatic rings. The number of sulfonamides is 1. The first-order chi connectivity index (χ1) is 14.8. The number of carbonyl (C=O) groups is 2. The van der Waals surface area contributed by atoms with Crippen molar-refractivity contribution in [3.63, 3.8) is 0 Å². The normalized spacial score (nSPS) is 17.0. The average molecular weight is 464 g/mol. The summed E-state index contributed by atoms with van der Waals surface area (Å²) in [5, 5.41) is 0. The van der Waals surface area contributed by atoms with Gasteiger partial charge in [0.15, 0.2) is 0 Å². The monoisotopic (exact) mass is 463 g/mol. The summed E-state index contributed by atoms with van der Waals surface area (Å²) < 4.78 is 33.3. The molecule has 1 saturated heterocycles. The number of ether oxygens (including phenoxy) is 1. The molecule has 0 unspecified atom stereocenters. The third kappa shape index (κ3) is 4.76. The van der Waals surface area contributed by atoms with Crippen LogP contribution >= 0.6 is 11.3 Å². The van der Waals surface area contributed by atoms with Crippen molar-refractivity contribution in [3.8, 4) is 5.75 Å². The molecule has 4 rings (SSSR count). The average Bonchev–Trinajstić information content (AvgIpc) is 3.47. The molecule has 166 valence electrons. The number of thiophene rings is 1. The Kier molecular flexibility index (Phi) is 6.05. The minimum Gasteiger partial charge on any atom is -0.495 e. The number of piperazine rings is 1. The van der Waals surface area contributed by atoms with Crippen LogP contribution in [0.2, 0.25) is 0 Å². The molecule has 0 radical (unpaired) electrons. The Bertz CT molecular complexity index is 1100. The lowest BCUT2D eigenvalue weighted by Crippen LogP contribution is -2.50. The van der Waals surface area contributed by atoms with Gasteiger partial charge in [0.2, 0.25) is 10.0 Å². The molecule has 0 bridgehead atoms. The van der Waals surface area contributed by atoms with Gasteiger partial charge in [-0.1, -0.05) is 0 Å². The third-order valence-electron chi connectivity index (χ3n) is 5.40. The second-order valence-corrected chi connectivity index (χ2v) is 10.7. The van der Waals surface area contributed by atoms with E-state index in [1.165, 1.54) is 30.6 Å². The Morgan fingerprint density at radius 2 is 1.68 bits per heavy atom. The van der Waals surface area contributed by atoms with Crippen LogP contribution in [0.4, 0.5) is 0 Å². The molecule has 0 atom stereocenters. The first kappa shape index (κ1) is 21.8. The molecule has 2 aliphatic rings. The molecule has 1 aromatic heterocycles. The lowest BCUT2D eigenvalue weighted by molar-refractivity contribution is 0.0538. The molecular formula is C21H25N3O5S2. The molecule has 0 spiro atoms. The fourth-order valence-corrected chi connectivity index (χ4v) is 5.84. The van der Waals surface area contributed by atoms with Crippen molar-refractivity contribution < 1.29 is 22.7 Å². The first-order valence-corrected chi connectivity index (χ1v) is 12.4. The van der Waals surface area contributed by atoms with Gasteiger partial charge in [-0.2, -0.15) is 0 Å². The zero-order valence-electron chi connectivity index (χ0n) is 17.5. The second kappa shape index (κ2) is 8.60. The van der Waals surface area contributed by atoms with Gasteiger partial charge in [0.1, 0.15) is 10.6 Å². The summed E-state index contributed by atoms with van der Waals surface area (Å²) in [7, 11) is -2.37. The highest BCUT2D eigenvalue weighted by atomic mass is 32.2. The van der Waals surface area contributed by atoms with Crippen LogP contribution in [-0.4, -0.2) is 69.4 Å². The van der Waals surface area contributed by atoms with E-state index in [0.29, 0.717) is 31.1 Å². The van der Waals surface area contributed by atoms with Crippen LogP contribution in [0.1, 0.15) is 37.7 Å². The molecule has 1 saturated carbocycles. The molecule has 10 heteroatoms. The van der Waals surface area contributed by atoms with Crippen LogP contribution in [-0.2, 0) is 10.0 Å². The van der Waals surface area contributed by atoms with Gasteiger partial charge in [-0.25, -0.2) is 13.1 Å². The number of hydrogen-bond acceptors (Lipinski definition) is 6. The number of nitrogens with zero attached hydrogens (tertiary/aromatic N) is 2. The second-order valence-electron chi connectivity index (χ2n) is 7.76. The number of methoxy groups -OCH3 is 1. The number of amides is 2. The molecule has 1 aromatic carbocycles. The van der Waals surface area contributed by atoms with Gasteiger partial charge in [0.05, 0.1) is 12.0 Å². The number of rotatable bonds is 6. The lowest BCUT2D eigenvalue weighted by atomic mass is 10.1. The minimum atomic E-state index is -3.77. The van der Waals surface area contributed by atoms with Gasteiger partial charge in [0.25, 0.3) is 11.8 Å². The van der Waals surface area contributed by atoms with Gasteiger partial charge in [-0.05, 0) is 50.1 Å². The predicted molar refractivity (Wildman–Crippen MR) is 117 cm³/mol. The Labute approximate surface area is 185 Å². The first-order valence-electron chi connectivity index (χ1n) is 10.1. The summed E-state index contributed by atoms with van der Waals surface area (Å²) in [5.74, 6) is -0.0786. The minimum absolute atomic E-state index is 0.0193. The molecule has 2 fully saturated rings. The van der Waals surface area contributed by atoms with E-state index in [1.54, 1.807) is 15.9 Å². The molecule has 1 aliphatic carbocycles. The highest BCUT2D eigenvalue weighted by molar-refractivity contribution is 7.89. The molecule has 2 amide bonds. The van der Waals surface area contributed by atoms with Gasteiger partial charge >= 0.3 is 0 Å². The largest absolute Gasteiger partial charge is 0.495 e. The summed E-state index contributed by atoms with van der Waals surface area (Å²) in [4.78, 5) is 30.8. The highest BCUT2D eigenvalue weighted by Gasteiger charge is 2.31. The number of hydrogen-bond donors (Lipinski definition) is 1. The Morgan fingerprint density at radius 1 is 1.03 bits per heavy atom. The van der Waals surface area contributed by atoms with Gasteiger partial charge < -0.3 is 14.5 Å². The van der Waals surface area contributed by atoms with Gasteiger partial charge in [0, 0.05) is 42.7 Å². The summed E-state index contributed by atoms with van der Waals surface area (Å²) in [6.45, 7) is 3.62. The van der Waals surface area contributed by atoms with Crippen molar-refractivity contribution in [1.29, 1.82) is 0 Å². The number of aryl methyl sites for hydroxylation is 1. The maximum absolute atomic E-state index is 13.0. The number of benzene rings is 1. The molecule has 1 N–H and O–H groups in total. The van der Waals surface area contributed by atoms with Gasteiger partial charge in [-0.3, -0.25) is 9.59 Å². The van der Waals surface area contributed by atoms with Crippen LogP contribution in [0.25, 0.3) is 0 Å². The smallest absolute Gasteiger partial charge is 0.264 e. The van der Waals surface area contributed by atoms with Crippen molar-refractivity contribution >= 4 is 33.2 Å². The van der Waals surface area contributed by atoms with E-state index < -0.39 is 10.0 Å². The molecule has 2 heterocycles. The number of carbonyl (C=O) groups excluding carboxylic acids is 2. The van der Waals surface area contributed by atoms with E-state index in [-0.39, 0.29) is 34.1 Å². The van der Waals surface area contributed by atoms with Crippen molar-refractivity contribution in [2.75, 3.05) is 33.3 Å². The van der Waals surface area contributed by atoms with E-state index in [2.05, 4.69) is 4.72 Å². The van der Waals surface area contributed by atoms with E-state index in [9.17, 15) is 18.0 Å². The topological polar surface area (TPSA) is 96.0 Å². The number of nitrogens with one attached hydrogen (secondary N) is 1. The molecule has 1 aliphatic heterocycles. The Morgan fingerprint density at radius 3 is 2.23 bits per heavy atom. The summed E-state index contributed by atoms with van der Waals surface area (Å²) in [6, 6.07) is 8.15. The SMILES string of the molecule is COc1ccc(C(=O)N2CCN(C(=O)c3ccc(C)s3)CC2)cc1S(=O)(=O)NC1CC1. The van der Waals surface area contributed by atoms with Gasteiger partial charge in [-0.15, -0.1) is 11.3 Å². The fraction of sp³-hybridized carbons (Fsp3) is 0.429. The zero-order chi connectivity index (χ0) is 22.2. The third-order valence-corrected chi connectivity index (χ3v) is 7.93. The van der Waals surface area contributed by atoms with Crippen LogP contribution < -0.4 is 9.46 Å². The van der Waals surface area contributed by atoms with E-state index in [1.807, 2.05) is 19.1 Å². The van der Waals surface area contributed by atoms with Crippen molar-refractivity contribution in [3.05, 3.63) is 45.6 Å². The Hall–Kier alpha value is -2.43. The summed E-state index contributed by atoms with van der Waals surface area (Å²) in [5.41, 5.74) is 0.283. The van der Waals surface area contributed by atoms with E-state index >= 15 is 0 Å². The van der Waals surface area contributed by atoms with E-state index in [0.717, 1.165) is 17.7 Å². The Balaban J connectivity index is 1.46. The quantitative estimate of drug-likeness (QED) is 0.708. The molecule has 8 nitrogen and oxygen atoms in total. The standard InChI is InChI=1S/C21H25N3O5S2/c1-14-3-8-18(30-14)21(26)24-11-9-23(10-12-24)20(25)15-4-7-17(29-2)19(13-15)31(27,28)22-16-5-6-16/h3-4,7-8,13,16,22H,5-6,9-12H2,1-2H3. The van der Waals surface area contributed by atoms with Crippen LogP contribution in [0.3, 0.4) is 0 Å². The maximum atomic E-state index is 13.0. The van der Waals surface area contributed by atoms with Crippen LogP contribution in [0.15, 0.2) is 35.2 Å². The highest BCUT2D eigenvalue weighted by Crippen LogP contribution is 2.29. The van der Waals surface area contributed by atoms with E-state index in [4.69, 9.17) is 4.74 Å². The van der Waals surface area contributed by atoms with Crippen molar-refractivity contribution in [2.45, 2.75) is 30.7 Å². The van der Waals surface area contributed by atoms with Crippen LogP contribution in [0.5, 0.6) is 5.75 Å². The lowest BCUT2D eigenvalue weighted by Gasteiger charge is -2.34. The molecule has 31 heavy (non-hydrogen) atoms. The zero-order valence-corrected chi connectivity index (χ0v) is 19.1. The van der Waals surface area contributed by atoms with Crippen molar-refractivity contribution in [1.82, 2.24) is 14.5 Å². The summed E-state index contributed by atoms with van der Waals surface area (Å²) in [6.07, 6.45) is 1.63. The van der Waals surface area contributed by atoms with Crippen molar-refractivity contribution in [2.24, 2.45) is 0 Å². The predicted octanol–water partition coefficient (Wildman–Crippen LogP) is 2.10. The fourth-order valence-electron chi connectivity index (χ4n) is 3.50. The van der Waals surface area contributed by atoms with Crippen LogP contribution in [0, 0.1) is 6.92 Å².